The third-order valence-corrected chi connectivity index (χ3v) is 5.52. The number of ketones is 1. The number of Topliss-reactive ketones (excluding diaryl/α,β-unsaturated/α-hetero) is 1. The van der Waals surface area contributed by atoms with Crippen LogP contribution in [0.4, 0.5) is 0 Å². The summed E-state index contributed by atoms with van der Waals surface area (Å²) in [6.07, 6.45) is 0.0976. The summed E-state index contributed by atoms with van der Waals surface area (Å²) in [6.45, 7) is 4.39. The van der Waals surface area contributed by atoms with Gasteiger partial charge in [-0.1, -0.05) is 18.2 Å². The summed E-state index contributed by atoms with van der Waals surface area (Å²) in [5.74, 6) is 1.51. The van der Waals surface area contributed by atoms with E-state index in [0.717, 1.165) is 34.0 Å². The van der Waals surface area contributed by atoms with Crippen molar-refractivity contribution in [3.05, 3.63) is 76.6 Å². The zero-order valence-corrected chi connectivity index (χ0v) is 18.3. The molecule has 7 nitrogen and oxygen atoms in total. The molecule has 0 amide bonds. The quantitative estimate of drug-likeness (QED) is 0.395. The Hall–Kier alpha value is -3.74. The number of aromatic nitrogens is 1. The fraction of sp³-hybridized carbons (Fsp3) is 0.280. The second kappa shape index (κ2) is 9.18. The number of ether oxygens (including phenoxy) is 4. The number of methoxy groups -OCH3 is 1. The van der Waals surface area contributed by atoms with Gasteiger partial charge in [0, 0.05) is 23.5 Å². The summed E-state index contributed by atoms with van der Waals surface area (Å²) >= 11 is 0. The van der Waals surface area contributed by atoms with Gasteiger partial charge >= 0.3 is 5.97 Å². The minimum Gasteiger partial charge on any atom is -0.497 e. The van der Waals surface area contributed by atoms with Gasteiger partial charge in [0.25, 0.3) is 0 Å². The predicted molar refractivity (Wildman–Crippen MR) is 118 cm³/mol. The number of rotatable bonds is 8. The van der Waals surface area contributed by atoms with Crippen molar-refractivity contribution in [3.63, 3.8) is 0 Å². The maximum atomic E-state index is 12.7. The number of hydrogen-bond donors (Lipinski definition) is 0. The molecule has 0 radical (unpaired) electrons. The van der Waals surface area contributed by atoms with Crippen LogP contribution < -0.4 is 14.2 Å². The van der Waals surface area contributed by atoms with Crippen molar-refractivity contribution in [2.45, 2.75) is 26.8 Å². The van der Waals surface area contributed by atoms with Crippen LogP contribution in [0.5, 0.6) is 17.2 Å². The number of carbonyl (C=O) groups excluding carboxylic acids is 2. The van der Waals surface area contributed by atoms with Gasteiger partial charge < -0.3 is 23.5 Å². The van der Waals surface area contributed by atoms with Gasteiger partial charge in [-0.25, -0.2) is 0 Å². The first-order chi connectivity index (χ1) is 15.4. The van der Waals surface area contributed by atoms with Crippen LogP contribution >= 0.6 is 0 Å². The van der Waals surface area contributed by atoms with E-state index in [1.54, 1.807) is 31.4 Å². The molecule has 1 aliphatic rings. The molecule has 2 heterocycles. The highest BCUT2D eigenvalue weighted by Crippen LogP contribution is 2.33. The van der Waals surface area contributed by atoms with E-state index < -0.39 is 5.97 Å². The molecule has 166 valence electrons. The van der Waals surface area contributed by atoms with Crippen molar-refractivity contribution in [3.8, 4) is 17.2 Å². The molecule has 0 unspecified atom stereocenters. The van der Waals surface area contributed by atoms with E-state index in [4.69, 9.17) is 18.9 Å². The Kier molecular flexibility index (Phi) is 6.16. The minimum atomic E-state index is -0.447. The molecule has 0 aliphatic carbocycles. The fourth-order valence-electron chi connectivity index (χ4n) is 3.73. The normalized spacial score (nSPS) is 12.0. The van der Waals surface area contributed by atoms with E-state index in [2.05, 4.69) is 4.57 Å². The Bertz CT molecular complexity index is 1150. The molecule has 0 saturated heterocycles. The summed E-state index contributed by atoms with van der Waals surface area (Å²) in [6, 6.07) is 14.8. The topological polar surface area (TPSA) is 76.0 Å². The number of esters is 1. The number of fused-ring (bicyclic) bond motifs is 1. The molecule has 4 rings (SSSR count). The van der Waals surface area contributed by atoms with Crippen molar-refractivity contribution in [2.24, 2.45) is 0 Å². The number of carbonyl (C=O) groups is 2. The zero-order valence-electron chi connectivity index (χ0n) is 18.3. The molecule has 7 heteroatoms. The molecule has 0 atom stereocenters. The van der Waals surface area contributed by atoms with E-state index in [1.165, 1.54) is 0 Å². The Morgan fingerprint density at radius 2 is 1.69 bits per heavy atom. The first-order valence-corrected chi connectivity index (χ1v) is 10.3. The van der Waals surface area contributed by atoms with E-state index in [-0.39, 0.29) is 25.6 Å². The van der Waals surface area contributed by atoms with Crippen LogP contribution in [0.25, 0.3) is 0 Å². The smallest absolute Gasteiger partial charge is 0.310 e. The Balaban J connectivity index is 1.38. The van der Waals surface area contributed by atoms with Gasteiger partial charge in [-0.2, -0.15) is 0 Å². The second-order valence-electron chi connectivity index (χ2n) is 7.67. The van der Waals surface area contributed by atoms with Crippen LogP contribution in [0.1, 0.15) is 32.9 Å². The Morgan fingerprint density at radius 3 is 2.44 bits per heavy atom. The lowest BCUT2D eigenvalue weighted by molar-refractivity contribution is -0.141. The van der Waals surface area contributed by atoms with Crippen LogP contribution in [0.3, 0.4) is 0 Å². The van der Waals surface area contributed by atoms with E-state index >= 15 is 0 Å². The Morgan fingerprint density at radius 1 is 0.969 bits per heavy atom. The predicted octanol–water partition coefficient (Wildman–Crippen LogP) is 3.86. The SMILES string of the molecule is COc1ccc(CC(=O)OCC(=O)c2cc(C)n(Cc3ccc4c(c3)OCO4)c2C)cc1. The average Bonchev–Trinajstić information content (AvgIpc) is 3.37. The summed E-state index contributed by atoms with van der Waals surface area (Å²) in [7, 11) is 1.58. The minimum absolute atomic E-state index is 0.0976. The lowest BCUT2D eigenvalue weighted by Crippen LogP contribution is -2.16. The van der Waals surface area contributed by atoms with Gasteiger partial charge in [0.15, 0.2) is 18.1 Å². The zero-order chi connectivity index (χ0) is 22.7. The van der Waals surface area contributed by atoms with Gasteiger partial charge in [-0.05, 0) is 55.3 Å². The van der Waals surface area contributed by atoms with Crippen LogP contribution in [-0.4, -0.2) is 36.8 Å². The van der Waals surface area contributed by atoms with Crippen molar-refractivity contribution >= 4 is 11.8 Å². The summed E-state index contributed by atoms with van der Waals surface area (Å²) < 4.78 is 23.2. The molecule has 0 fully saturated rings. The maximum absolute atomic E-state index is 12.7. The van der Waals surface area contributed by atoms with Gasteiger partial charge in [-0.15, -0.1) is 0 Å². The standard InChI is InChI=1S/C25H25NO6/c1-16-10-21(17(2)26(16)13-19-6-9-23-24(11-19)32-15-31-23)22(27)14-30-25(28)12-18-4-7-20(29-3)8-5-18/h4-11H,12-15H2,1-3H3. The third-order valence-electron chi connectivity index (χ3n) is 5.52. The average molecular weight is 435 g/mol. The highest BCUT2D eigenvalue weighted by Gasteiger charge is 2.19. The molecule has 32 heavy (non-hydrogen) atoms. The van der Waals surface area contributed by atoms with Crippen LogP contribution in [0.15, 0.2) is 48.5 Å². The second-order valence-corrected chi connectivity index (χ2v) is 7.67. The number of aryl methyl sites for hydroxylation is 1. The van der Waals surface area contributed by atoms with Crippen molar-refractivity contribution in [2.75, 3.05) is 20.5 Å². The fourth-order valence-corrected chi connectivity index (χ4v) is 3.73. The molecule has 0 bridgehead atoms. The maximum Gasteiger partial charge on any atom is 0.310 e. The van der Waals surface area contributed by atoms with Crippen molar-refractivity contribution in [1.29, 1.82) is 0 Å². The number of hydrogen-bond acceptors (Lipinski definition) is 6. The largest absolute Gasteiger partial charge is 0.497 e. The van der Waals surface area contributed by atoms with E-state index in [0.29, 0.717) is 17.9 Å². The first kappa shape index (κ1) is 21.5. The number of nitrogens with zero attached hydrogens (tertiary/aromatic N) is 1. The van der Waals surface area contributed by atoms with Gasteiger partial charge in [0.1, 0.15) is 5.75 Å². The monoisotopic (exact) mass is 435 g/mol. The van der Waals surface area contributed by atoms with Gasteiger partial charge in [0.2, 0.25) is 12.6 Å². The number of benzene rings is 2. The summed E-state index contributed by atoms with van der Waals surface area (Å²) in [5.41, 5.74) is 4.18. The molecule has 3 aromatic rings. The third kappa shape index (κ3) is 4.61. The molecule has 0 spiro atoms. The van der Waals surface area contributed by atoms with Gasteiger partial charge in [-0.3, -0.25) is 9.59 Å². The molecular formula is C25H25NO6. The molecular weight excluding hydrogens is 410 g/mol. The van der Waals surface area contributed by atoms with Crippen LogP contribution in [0.2, 0.25) is 0 Å². The molecule has 1 aliphatic heterocycles. The van der Waals surface area contributed by atoms with E-state index in [1.807, 2.05) is 38.1 Å². The van der Waals surface area contributed by atoms with E-state index in [9.17, 15) is 9.59 Å². The molecule has 0 saturated carbocycles. The lowest BCUT2D eigenvalue weighted by atomic mass is 10.1. The highest BCUT2D eigenvalue weighted by atomic mass is 16.7. The highest BCUT2D eigenvalue weighted by molar-refractivity contribution is 5.99. The van der Waals surface area contributed by atoms with Crippen molar-refractivity contribution < 1.29 is 28.5 Å². The summed E-state index contributed by atoms with van der Waals surface area (Å²) in [4.78, 5) is 24.9. The lowest BCUT2D eigenvalue weighted by Gasteiger charge is -2.11. The van der Waals surface area contributed by atoms with Crippen LogP contribution in [-0.2, 0) is 22.5 Å². The molecule has 0 N–H and O–H groups in total. The molecule has 2 aromatic carbocycles. The summed E-state index contributed by atoms with van der Waals surface area (Å²) in [5, 5.41) is 0. The first-order valence-electron chi connectivity index (χ1n) is 10.3. The van der Waals surface area contributed by atoms with Crippen LogP contribution in [0, 0.1) is 13.8 Å². The van der Waals surface area contributed by atoms with Gasteiger partial charge in [0.05, 0.1) is 13.5 Å². The molecule has 1 aromatic heterocycles. The Labute approximate surface area is 186 Å². The van der Waals surface area contributed by atoms with Crippen molar-refractivity contribution in [1.82, 2.24) is 4.57 Å².